The van der Waals surface area contributed by atoms with Gasteiger partial charge in [-0.2, -0.15) is 0 Å². The Labute approximate surface area is 165 Å². The maximum absolute atomic E-state index is 13.1. The zero-order valence-corrected chi connectivity index (χ0v) is 16.2. The standard InChI is InChI=1S/C19H16Cl2N4O2/c1-11-4-3-5-16-22-13(9-24(11)16)10-25-17(26)19(2,23-18(25)27)14-7-6-12(20)8-15(14)21/h3-9H,10H2,1-2H3,(H,23,27). The zero-order chi connectivity index (χ0) is 19.3. The maximum Gasteiger partial charge on any atom is 0.325 e. The number of imidazole rings is 1. The highest BCUT2D eigenvalue weighted by atomic mass is 35.5. The highest BCUT2D eigenvalue weighted by molar-refractivity contribution is 6.35. The third kappa shape index (κ3) is 2.85. The molecule has 6 nitrogen and oxygen atoms in total. The largest absolute Gasteiger partial charge is 0.325 e. The fourth-order valence-electron chi connectivity index (χ4n) is 3.36. The van der Waals surface area contributed by atoms with Crippen LogP contribution in [0.3, 0.4) is 0 Å². The molecule has 138 valence electrons. The predicted molar refractivity (Wildman–Crippen MR) is 103 cm³/mol. The topological polar surface area (TPSA) is 66.7 Å². The number of halogens is 2. The van der Waals surface area contributed by atoms with Crippen molar-refractivity contribution in [1.82, 2.24) is 19.6 Å². The number of benzene rings is 1. The van der Waals surface area contributed by atoms with E-state index in [9.17, 15) is 9.59 Å². The second-order valence-electron chi connectivity index (χ2n) is 6.70. The van der Waals surface area contributed by atoms with Crippen LogP contribution in [0.15, 0.2) is 42.6 Å². The minimum atomic E-state index is -1.26. The first-order chi connectivity index (χ1) is 12.8. The van der Waals surface area contributed by atoms with Gasteiger partial charge in [-0.25, -0.2) is 9.78 Å². The average molecular weight is 403 g/mol. The van der Waals surface area contributed by atoms with Crippen molar-refractivity contribution in [3.05, 3.63) is 69.6 Å². The normalized spacial score (nSPS) is 19.8. The van der Waals surface area contributed by atoms with E-state index in [1.165, 1.54) is 0 Å². The molecule has 3 aromatic rings. The molecule has 1 aliphatic heterocycles. The number of imide groups is 1. The fraction of sp³-hybridized carbons (Fsp3) is 0.211. The molecule has 27 heavy (non-hydrogen) atoms. The number of aromatic nitrogens is 2. The summed E-state index contributed by atoms with van der Waals surface area (Å²) >= 11 is 12.2. The van der Waals surface area contributed by atoms with Crippen LogP contribution in [0.2, 0.25) is 10.0 Å². The molecule has 1 N–H and O–H groups in total. The molecule has 1 aromatic carbocycles. The molecule has 1 saturated heterocycles. The van der Waals surface area contributed by atoms with Crippen molar-refractivity contribution in [2.24, 2.45) is 0 Å². The van der Waals surface area contributed by atoms with Crippen LogP contribution in [0, 0.1) is 6.92 Å². The SMILES string of the molecule is Cc1cccc2nc(CN3C(=O)NC(C)(c4ccc(Cl)cc4Cl)C3=O)cn12. The summed E-state index contributed by atoms with van der Waals surface area (Å²) in [6.45, 7) is 3.68. The number of carbonyl (C=O) groups excluding carboxylic acids is 2. The van der Waals surface area contributed by atoms with E-state index < -0.39 is 11.6 Å². The Bertz CT molecular complexity index is 1090. The molecule has 1 unspecified atom stereocenters. The zero-order valence-electron chi connectivity index (χ0n) is 14.7. The van der Waals surface area contributed by atoms with Crippen molar-refractivity contribution in [3.8, 4) is 0 Å². The first-order valence-electron chi connectivity index (χ1n) is 8.33. The average Bonchev–Trinajstić information content (AvgIpc) is 3.11. The highest BCUT2D eigenvalue weighted by Gasteiger charge is 2.50. The summed E-state index contributed by atoms with van der Waals surface area (Å²) in [4.78, 5) is 31.3. The summed E-state index contributed by atoms with van der Waals surface area (Å²) < 4.78 is 1.92. The van der Waals surface area contributed by atoms with Crippen molar-refractivity contribution < 1.29 is 9.59 Å². The van der Waals surface area contributed by atoms with Crippen LogP contribution >= 0.6 is 23.2 Å². The molecule has 2 aromatic heterocycles. The van der Waals surface area contributed by atoms with Gasteiger partial charge in [0.25, 0.3) is 5.91 Å². The molecule has 3 heterocycles. The molecule has 0 radical (unpaired) electrons. The molecule has 0 aliphatic carbocycles. The number of amides is 3. The second-order valence-corrected chi connectivity index (χ2v) is 7.54. The van der Waals surface area contributed by atoms with Gasteiger partial charge >= 0.3 is 6.03 Å². The maximum atomic E-state index is 13.1. The number of rotatable bonds is 3. The smallest absolute Gasteiger partial charge is 0.319 e. The summed E-state index contributed by atoms with van der Waals surface area (Å²) in [5, 5.41) is 3.53. The molecule has 1 fully saturated rings. The lowest BCUT2D eigenvalue weighted by molar-refractivity contribution is -0.131. The number of carbonyl (C=O) groups is 2. The lowest BCUT2D eigenvalue weighted by Gasteiger charge is -2.23. The molecule has 0 bridgehead atoms. The molecule has 0 saturated carbocycles. The van der Waals surface area contributed by atoms with Crippen LogP contribution in [0.1, 0.15) is 23.9 Å². The van der Waals surface area contributed by atoms with E-state index in [2.05, 4.69) is 10.3 Å². The van der Waals surface area contributed by atoms with Gasteiger partial charge in [-0.3, -0.25) is 9.69 Å². The number of nitrogens with zero attached hydrogens (tertiary/aromatic N) is 3. The van der Waals surface area contributed by atoms with Crippen LogP contribution in [-0.4, -0.2) is 26.2 Å². The summed E-state index contributed by atoms with van der Waals surface area (Å²) in [5.41, 5.74) is 1.65. The molecular weight excluding hydrogens is 387 g/mol. The van der Waals surface area contributed by atoms with Crippen molar-refractivity contribution in [2.45, 2.75) is 25.9 Å². The molecule has 8 heteroatoms. The molecule has 4 rings (SSSR count). The van der Waals surface area contributed by atoms with Crippen LogP contribution in [0.5, 0.6) is 0 Å². The molecule has 1 aliphatic rings. The number of fused-ring (bicyclic) bond motifs is 1. The van der Waals surface area contributed by atoms with Crippen LogP contribution < -0.4 is 5.32 Å². The Balaban J connectivity index is 1.67. The summed E-state index contributed by atoms with van der Waals surface area (Å²) in [7, 11) is 0. The quantitative estimate of drug-likeness (QED) is 0.675. The van der Waals surface area contributed by atoms with Crippen molar-refractivity contribution in [2.75, 3.05) is 0 Å². The van der Waals surface area contributed by atoms with Gasteiger partial charge in [0, 0.05) is 27.5 Å². The first kappa shape index (κ1) is 17.8. The van der Waals surface area contributed by atoms with E-state index in [1.54, 1.807) is 25.1 Å². The molecule has 3 amide bonds. The van der Waals surface area contributed by atoms with Crippen molar-refractivity contribution >= 4 is 40.8 Å². The van der Waals surface area contributed by atoms with Gasteiger partial charge in [-0.15, -0.1) is 0 Å². The lowest BCUT2D eigenvalue weighted by Crippen LogP contribution is -2.41. The second kappa shape index (κ2) is 6.25. The van der Waals surface area contributed by atoms with E-state index in [-0.39, 0.29) is 12.5 Å². The summed E-state index contributed by atoms with van der Waals surface area (Å²) in [6, 6.07) is 10.1. The third-order valence-electron chi connectivity index (χ3n) is 4.81. The number of aryl methyl sites for hydroxylation is 1. The van der Waals surface area contributed by atoms with Crippen LogP contribution in [0.25, 0.3) is 5.65 Å². The monoisotopic (exact) mass is 402 g/mol. The summed E-state index contributed by atoms with van der Waals surface area (Å²) in [5.74, 6) is -0.384. The van der Waals surface area contributed by atoms with Gasteiger partial charge in [0.05, 0.1) is 12.2 Å². The Morgan fingerprint density at radius 2 is 1.96 bits per heavy atom. The van der Waals surface area contributed by atoms with Crippen LogP contribution in [-0.2, 0) is 16.9 Å². The Hall–Kier alpha value is -2.57. The minimum Gasteiger partial charge on any atom is -0.319 e. The number of pyridine rings is 1. The van der Waals surface area contributed by atoms with E-state index in [0.717, 1.165) is 16.2 Å². The molecular formula is C19H16Cl2N4O2. The van der Waals surface area contributed by atoms with Gasteiger partial charge in [0.15, 0.2) is 0 Å². The van der Waals surface area contributed by atoms with E-state index in [0.29, 0.717) is 21.3 Å². The Kier molecular flexibility index (Phi) is 4.13. The van der Waals surface area contributed by atoms with Gasteiger partial charge in [0.1, 0.15) is 11.2 Å². The first-order valence-corrected chi connectivity index (χ1v) is 9.08. The number of nitrogens with one attached hydrogen (secondary N) is 1. The van der Waals surface area contributed by atoms with Gasteiger partial charge in [0.2, 0.25) is 0 Å². The van der Waals surface area contributed by atoms with E-state index >= 15 is 0 Å². The van der Waals surface area contributed by atoms with E-state index in [1.807, 2.05) is 35.7 Å². The van der Waals surface area contributed by atoms with Crippen molar-refractivity contribution in [3.63, 3.8) is 0 Å². The van der Waals surface area contributed by atoms with Gasteiger partial charge < -0.3 is 9.72 Å². The number of urea groups is 1. The van der Waals surface area contributed by atoms with Gasteiger partial charge in [-0.1, -0.05) is 35.3 Å². The Morgan fingerprint density at radius 1 is 1.19 bits per heavy atom. The van der Waals surface area contributed by atoms with Crippen LogP contribution in [0.4, 0.5) is 4.79 Å². The fourth-order valence-corrected chi connectivity index (χ4v) is 3.95. The molecule has 1 atom stereocenters. The molecule has 0 spiro atoms. The number of hydrogen-bond donors (Lipinski definition) is 1. The van der Waals surface area contributed by atoms with Gasteiger partial charge in [-0.05, 0) is 38.1 Å². The summed E-state index contributed by atoms with van der Waals surface area (Å²) in [6.07, 6.45) is 1.83. The highest BCUT2D eigenvalue weighted by Crippen LogP contribution is 2.35. The minimum absolute atomic E-state index is 0.0760. The predicted octanol–water partition coefficient (Wildman–Crippen LogP) is 3.92. The third-order valence-corrected chi connectivity index (χ3v) is 5.36. The lowest BCUT2D eigenvalue weighted by atomic mass is 9.92. The van der Waals surface area contributed by atoms with Crippen molar-refractivity contribution in [1.29, 1.82) is 0 Å². The number of hydrogen-bond acceptors (Lipinski definition) is 3. The Morgan fingerprint density at radius 3 is 2.67 bits per heavy atom. The van der Waals surface area contributed by atoms with E-state index in [4.69, 9.17) is 23.2 Å².